The van der Waals surface area contributed by atoms with Crippen LogP contribution in [0.2, 0.25) is 0 Å². The molecule has 3 nitrogen and oxygen atoms in total. The standard InChI is InChI=1S/C13H17F2NO2/c1-3-16(8-7-12(17)18)9(2)13-10(14)5-4-6-11(13)15/h4-6,9H,3,7-8H2,1-2H3,(H,17,18). The maximum Gasteiger partial charge on any atom is 0.304 e. The summed E-state index contributed by atoms with van der Waals surface area (Å²) < 4.78 is 27.2. The van der Waals surface area contributed by atoms with Crippen LogP contribution in [0.1, 0.15) is 31.9 Å². The number of benzene rings is 1. The predicted molar refractivity (Wildman–Crippen MR) is 64.3 cm³/mol. The fourth-order valence-electron chi connectivity index (χ4n) is 1.96. The summed E-state index contributed by atoms with van der Waals surface area (Å²) in [7, 11) is 0. The van der Waals surface area contributed by atoms with E-state index in [1.807, 2.05) is 6.92 Å². The quantitative estimate of drug-likeness (QED) is 0.852. The largest absolute Gasteiger partial charge is 0.481 e. The molecule has 0 bridgehead atoms. The third kappa shape index (κ3) is 3.50. The topological polar surface area (TPSA) is 40.5 Å². The number of halogens is 2. The van der Waals surface area contributed by atoms with Gasteiger partial charge in [-0.1, -0.05) is 13.0 Å². The lowest BCUT2D eigenvalue weighted by atomic mass is 10.1. The fraction of sp³-hybridized carbons (Fsp3) is 0.462. The van der Waals surface area contributed by atoms with Crippen molar-refractivity contribution < 1.29 is 18.7 Å². The molecule has 1 unspecified atom stereocenters. The van der Waals surface area contributed by atoms with Gasteiger partial charge in [0.05, 0.1) is 6.42 Å². The SMILES string of the molecule is CCN(CCC(=O)O)C(C)c1c(F)cccc1F. The molecule has 1 rings (SSSR count). The second-order valence-corrected chi connectivity index (χ2v) is 4.08. The maximum atomic E-state index is 13.6. The molecule has 0 saturated carbocycles. The molecule has 5 heteroatoms. The maximum absolute atomic E-state index is 13.6. The Morgan fingerprint density at radius 2 is 1.94 bits per heavy atom. The Morgan fingerprint density at radius 3 is 2.39 bits per heavy atom. The summed E-state index contributed by atoms with van der Waals surface area (Å²) in [6.07, 6.45) is -0.0474. The third-order valence-corrected chi connectivity index (χ3v) is 2.98. The van der Waals surface area contributed by atoms with Crippen molar-refractivity contribution >= 4 is 5.97 Å². The van der Waals surface area contributed by atoms with E-state index in [2.05, 4.69) is 0 Å². The molecule has 1 N–H and O–H groups in total. The number of aliphatic carboxylic acids is 1. The van der Waals surface area contributed by atoms with E-state index in [1.165, 1.54) is 18.2 Å². The average Bonchev–Trinajstić information content (AvgIpc) is 2.29. The van der Waals surface area contributed by atoms with Crippen LogP contribution < -0.4 is 0 Å². The van der Waals surface area contributed by atoms with E-state index in [9.17, 15) is 13.6 Å². The van der Waals surface area contributed by atoms with E-state index in [1.54, 1.807) is 11.8 Å². The Labute approximate surface area is 105 Å². The Bertz CT molecular complexity index is 403. The van der Waals surface area contributed by atoms with Crippen molar-refractivity contribution in [1.82, 2.24) is 4.90 Å². The van der Waals surface area contributed by atoms with Crippen LogP contribution in [0, 0.1) is 11.6 Å². The highest BCUT2D eigenvalue weighted by Gasteiger charge is 2.21. The fourth-order valence-corrected chi connectivity index (χ4v) is 1.96. The van der Waals surface area contributed by atoms with Crippen LogP contribution in [0.25, 0.3) is 0 Å². The van der Waals surface area contributed by atoms with Crippen molar-refractivity contribution in [3.8, 4) is 0 Å². The molecule has 0 fully saturated rings. The number of hydrogen-bond donors (Lipinski definition) is 1. The van der Waals surface area contributed by atoms with Crippen LogP contribution in [0.3, 0.4) is 0 Å². The molecule has 1 aromatic carbocycles. The summed E-state index contributed by atoms with van der Waals surface area (Å²) in [5, 5.41) is 8.64. The molecule has 0 aliphatic rings. The van der Waals surface area contributed by atoms with Gasteiger partial charge in [0.2, 0.25) is 0 Å². The average molecular weight is 257 g/mol. The summed E-state index contributed by atoms with van der Waals surface area (Å²) in [6, 6.07) is 3.24. The minimum Gasteiger partial charge on any atom is -0.481 e. The first-order valence-corrected chi connectivity index (χ1v) is 5.87. The molecule has 18 heavy (non-hydrogen) atoms. The summed E-state index contributed by atoms with van der Waals surface area (Å²) in [4.78, 5) is 12.3. The van der Waals surface area contributed by atoms with E-state index in [4.69, 9.17) is 5.11 Å². The first kappa shape index (κ1) is 14.6. The van der Waals surface area contributed by atoms with Gasteiger partial charge < -0.3 is 5.11 Å². The minimum absolute atomic E-state index is 0.00950. The molecule has 0 spiro atoms. The molecule has 100 valence electrons. The van der Waals surface area contributed by atoms with Crippen LogP contribution in [0.4, 0.5) is 8.78 Å². The van der Waals surface area contributed by atoms with Crippen molar-refractivity contribution in [3.63, 3.8) is 0 Å². The normalized spacial score (nSPS) is 12.7. The first-order valence-electron chi connectivity index (χ1n) is 5.87. The lowest BCUT2D eigenvalue weighted by Gasteiger charge is -2.28. The Kier molecular flexibility index (Phi) is 5.22. The van der Waals surface area contributed by atoms with E-state index in [-0.39, 0.29) is 18.5 Å². The molecule has 0 aliphatic heterocycles. The van der Waals surface area contributed by atoms with E-state index in [0.29, 0.717) is 6.54 Å². The van der Waals surface area contributed by atoms with Crippen molar-refractivity contribution in [3.05, 3.63) is 35.4 Å². The second-order valence-electron chi connectivity index (χ2n) is 4.08. The van der Waals surface area contributed by atoms with Gasteiger partial charge in [-0.05, 0) is 25.6 Å². The van der Waals surface area contributed by atoms with Gasteiger partial charge in [-0.2, -0.15) is 0 Å². The molecule has 0 aromatic heterocycles. The monoisotopic (exact) mass is 257 g/mol. The number of carboxylic acids is 1. The predicted octanol–water partition coefficient (Wildman–Crippen LogP) is 2.82. The molecule has 0 amide bonds. The molecule has 0 heterocycles. The number of nitrogens with zero attached hydrogens (tertiary/aromatic N) is 1. The van der Waals surface area contributed by atoms with Crippen molar-refractivity contribution in [1.29, 1.82) is 0 Å². The third-order valence-electron chi connectivity index (χ3n) is 2.98. The Hall–Kier alpha value is -1.49. The highest BCUT2D eigenvalue weighted by atomic mass is 19.1. The summed E-state index contributed by atoms with van der Waals surface area (Å²) in [6.45, 7) is 4.30. The van der Waals surface area contributed by atoms with Crippen LogP contribution in [0.15, 0.2) is 18.2 Å². The van der Waals surface area contributed by atoms with E-state index < -0.39 is 23.6 Å². The number of carbonyl (C=O) groups is 1. The Morgan fingerprint density at radius 1 is 1.39 bits per heavy atom. The minimum atomic E-state index is -0.922. The van der Waals surface area contributed by atoms with Gasteiger partial charge in [-0.15, -0.1) is 0 Å². The Balaban J connectivity index is 2.89. The molecule has 1 atom stereocenters. The number of carboxylic acid groups (broad SMARTS) is 1. The molecular weight excluding hydrogens is 240 g/mol. The van der Waals surface area contributed by atoms with Gasteiger partial charge in [0, 0.05) is 18.2 Å². The van der Waals surface area contributed by atoms with Gasteiger partial charge in [0.15, 0.2) is 0 Å². The van der Waals surface area contributed by atoms with Crippen LogP contribution in [-0.4, -0.2) is 29.1 Å². The van der Waals surface area contributed by atoms with Gasteiger partial charge >= 0.3 is 5.97 Å². The van der Waals surface area contributed by atoms with Gasteiger partial charge in [-0.3, -0.25) is 9.69 Å². The second kappa shape index (κ2) is 6.44. The summed E-state index contributed by atoms with van der Waals surface area (Å²) >= 11 is 0. The van der Waals surface area contributed by atoms with Crippen molar-refractivity contribution in [2.45, 2.75) is 26.3 Å². The van der Waals surface area contributed by atoms with Crippen molar-refractivity contribution in [2.24, 2.45) is 0 Å². The first-order chi connectivity index (χ1) is 8.47. The molecule has 1 aromatic rings. The zero-order chi connectivity index (χ0) is 13.7. The zero-order valence-corrected chi connectivity index (χ0v) is 10.5. The van der Waals surface area contributed by atoms with Crippen LogP contribution in [0.5, 0.6) is 0 Å². The smallest absolute Gasteiger partial charge is 0.304 e. The molecule has 0 aliphatic carbocycles. The number of hydrogen-bond acceptors (Lipinski definition) is 2. The van der Waals surface area contributed by atoms with Crippen molar-refractivity contribution in [2.75, 3.05) is 13.1 Å². The van der Waals surface area contributed by atoms with Gasteiger partial charge in [-0.25, -0.2) is 8.78 Å². The summed E-state index contributed by atoms with van der Waals surface area (Å²) in [5.41, 5.74) is -0.00950. The highest BCUT2D eigenvalue weighted by Crippen LogP contribution is 2.25. The van der Waals surface area contributed by atoms with Gasteiger partial charge in [0.25, 0.3) is 0 Å². The summed E-state index contributed by atoms with van der Waals surface area (Å²) in [5.74, 6) is -2.12. The molecule has 0 radical (unpaired) electrons. The lowest BCUT2D eigenvalue weighted by molar-refractivity contribution is -0.137. The van der Waals surface area contributed by atoms with Gasteiger partial charge in [0.1, 0.15) is 11.6 Å². The zero-order valence-electron chi connectivity index (χ0n) is 10.5. The van der Waals surface area contributed by atoms with Crippen LogP contribution >= 0.6 is 0 Å². The van der Waals surface area contributed by atoms with E-state index >= 15 is 0 Å². The van der Waals surface area contributed by atoms with Crippen LogP contribution in [-0.2, 0) is 4.79 Å². The number of rotatable bonds is 6. The van der Waals surface area contributed by atoms with E-state index in [0.717, 1.165) is 0 Å². The molecule has 0 saturated heterocycles. The molecular formula is C13H17F2NO2. The highest BCUT2D eigenvalue weighted by molar-refractivity contribution is 5.66. The lowest BCUT2D eigenvalue weighted by Crippen LogP contribution is -2.30.